The summed E-state index contributed by atoms with van der Waals surface area (Å²) >= 11 is 0. The Morgan fingerprint density at radius 1 is 1.09 bits per heavy atom. The van der Waals surface area contributed by atoms with Gasteiger partial charge in [-0.15, -0.1) is 0 Å². The first-order valence-electron chi connectivity index (χ1n) is 8.20. The number of nitrogens with zero attached hydrogens (tertiary/aromatic N) is 3. The molecule has 2 fully saturated rings. The van der Waals surface area contributed by atoms with Crippen LogP contribution >= 0.6 is 0 Å². The highest BCUT2D eigenvalue weighted by Gasteiger charge is 2.43. The Morgan fingerprint density at radius 2 is 1.95 bits per heavy atom. The number of likely N-dealkylation sites (tertiary alicyclic amines) is 1. The maximum Gasteiger partial charge on any atom is 0.129 e. The van der Waals surface area contributed by atoms with E-state index in [2.05, 4.69) is 47.1 Å². The lowest BCUT2D eigenvalue weighted by atomic mass is 10.1. The summed E-state index contributed by atoms with van der Waals surface area (Å²) in [6.45, 7) is 7.27. The minimum absolute atomic E-state index is 0.602. The van der Waals surface area contributed by atoms with E-state index in [0.717, 1.165) is 42.7 Å². The largest absolute Gasteiger partial charge is 0.465 e. The predicted molar refractivity (Wildman–Crippen MR) is 87.0 cm³/mol. The summed E-state index contributed by atoms with van der Waals surface area (Å²) in [5.74, 6) is 3.23. The fraction of sp³-hybridized carbons (Fsp3) is 0.500. The van der Waals surface area contributed by atoms with Gasteiger partial charge in [0.25, 0.3) is 0 Å². The molecular weight excluding hydrogens is 274 g/mol. The molecule has 0 aliphatic carbocycles. The van der Waals surface area contributed by atoms with Crippen LogP contribution in [0.25, 0.3) is 0 Å². The quantitative estimate of drug-likeness (QED) is 0.871. The lowest BCUT2D eigenvalue weighted by molar-refractivity contribution is 0.225. The van der Waals surface area contributed by atoms with Crippen molar-refractivity contribution in [3.05, 3.63) is 47.5 Å². The summed E-state index contributed by atoms with van der Waals surface area (Å²) in [6.07, 6.45) is 2.44. The molecule has 2 aliphatic heterocycles. The van der Waals surface area contributed by atoms with Crippen molar-refractivity contribution in [1.82, 2.24) is 9.88 Å². The molecule has 0 aromatic carbocycles. The number of rotatable bonds is 3. The lowest BCUT2D eigenvalue weighted by Gasteiger charge is -2.26. The van der Waals surface area contributed by atoms with E-state index in [1.807, 2.05) is 6.92 Å². The highest BCUT2D eigenvalue weighted by Crippen LogP contribution is 2.35. The zero-order chi connectivity index (χ0) is 15.1. The monoisotopic (exact) mass is 297 g/mol. The summed E-state index contributed by atoms with van der Waals surface area (Å²) in [5, 5.41) is 0. The van der Waals surface area contributed by atoms with Crippen molar-refractivity contribution in [3.8, 4) is 0 Å². The summed E-state index contributed by atoms with van der Waals surface area (Å²) < 4.78 is 5.75. The number of pyridine rings is 1. The van der Waals surface area contributed by atoms with Crippen molar-refractivity contribution in [1.29, 1.82) is 0 Å². The topological polar surface area (TPSA) is 32.5 Å². The zero-order valence-electron chi connectivity index (χ0n) is 13.3. The fourth-order valence-corrected chi connectivity index (χ4v) is 4.01. The molecule has 0 saturated carbocycles. The highest BCUT2D eigenvalue weighted by atomic mass is 16.3. The maximum absolute atomic E-state index is 5.75. The van der Waals surface area contributed by atoms with Crippen LogP contribution in [0.2, 0.25) is 0 Å². The molecule has 22 heavy (non-hydrogen) atoms. The molecule has 0 spiro atoms. The van der Waals surface area contributed by atoms with Gasteiger partial charge in [0.1, 0.15) is 17.3 Å². The Kier molecular flexibility index (Phi) is 3.41. The van der Waals surface area contributed by atoms with Crippen molar-refractivity contribution in [3.63, 3.8) is 0 Å². The third-order valence-corrected chi connectivity index (χ3v) is 5.01. The van der Waals surface area contributed by atoms with Gasteiger partial charge in [0.2, 0.25) is 0 Å². The summed E-state index contributed by atoms with van der Waals surface area (Å²) in [4.78, 5) is 9.80. The molecule has 0 unspecified atom stereocenters. The van der Waals surface area contributed by atoms with Gasteiger partial charge >= 0.3 is 0 Å². The van der Waals surface area contributed by atoms with Gasteiger partial charge in [0, 0.05) is 30.9 Å². The maximum atomic E-state index is 5.75. The van der Waals surface area contributed by atoms with Gasteiger partial charge in [-0.25, -0.2) is 4.98 Å². The molecule has 2 aromatic heterocycles. The van der Waals surface area contributed by atoms with Crippen molar-refractivity contribution in [2.24, 2.45) is 0 Å². The van der Waals surface area contributed by atoms with Crippen LogP contribution in [0.1, 0.15) is 30.1 Å². The summed E-state index contributed by atoms with van der Waals surface area (Å²) in [7, 11) is 0. The molecule has 0 amide bonds. The number of anilines is 1. The molecule has 2 saturated heterocycles. The standard InChI is InChI=1S/C18H23N3O/c1-13-4-3-5-18(19-13)21-11-9-16-17(21)8-10-20(16)12-15-7-6-14(2)22-15/h3-7,16-17H,8-12H2,1-2H3/t16-,17-/m1/s1. The number of aromatic nitrogens is 1. The van der Waals surface area contributed by atoms with Crippen LogP contribution in [-0.4, -0.2) is 35.1 Å². The van der Waals surface area contributed by atoms with Crippen molar-refractivity contribution < 1.29 is 4.42 Å². The Bertz CT molecular complexity index is 666. The fourth-order valence-electron chi connectivity index (χ4n) is 4.01. The summed E-state index contributed by atoms with van der Waals surface area (Å²) in [5.41, 5.74) is 1.10. The SMILES string of the molecule is Cc1cccc(N2CC[C@@H]3[C@H]2CCN3Cc2ccc(C)o2)n1. The first-order valence-corrected chi connectivity index (χ1v) is 8.20. The van der Waals surface area contributed by atoms with E-state index in [-0.39, 0.29) is 0 Å². The number of fused-ring (bicyclic) bond motifs is 1. The van der Waals surface area contributed by atoms with E-state index in [0.29, 0.717) is 12.1 Å². The van der Waals surface area contributed by atoms with E-state index in [1.54, 1.807) is 0 Å². The van der Waals surface area contributed by atoms with Gasteiger partial charge in [-0.1, -0.05) is 6.07 Å². The molecule has 4 rings (SSSR count). The van der Waals surface area contributed by atoms with Gasteiger partial charge in [-0.3, -0.25) is 4.90 Å². The lowest BCUT2D eigenvalue weighted by Crippen LogP contribution is -2.36. The average molecular weight is 297 g/mol. The average Bonchev–Trinajstić information content (AvgIpc) is 3.17. The number of hydrogen-bond donors (Lipinski definition) is 0. The van der Waals surface area contributed by atoms with Gasteiger partial charge in [0.05, 0.1) is 6.54 Å². The second-order valence-electron chi connectivity index (χ2n) is 6.53. The molecular formula is C18H23N3O. The van der Waals surface area contributed by atoms with Crippen LogP contribution in [0.3, 0.4) is 0 Å². The molecule has 2 atom stereocenters. The van der Waals surface area contributed by atoms with Crippen molar-refractivity contribution in [2.75, 3.05) is 18.0 Å². The van der Waals surface area contributed by atoms with E-state index >= 15 is 0 Å². The number of furan rings is 1. The van der Waals surface area contributed by atoms with Gasteiger partial charge in [0.15, 0.2) is 0 Å². The van der Waals surface area contributed by atoms with Crippen LogP contribution < -0.4 is 4.90 Å². The second kappa shape index (κ2) is 5.43. The first-order chi connectivity index (χ1) is 10.7. The summed E-state index contributed by atoms with van der Waals surface area (Å²) in [6, 6.07) is 11.7. The number of aryl methyl sites for hydroxylation is 2. The van der Waals surface area contributed by atoms with Crippen LogP contribution in [0.15, 0.2) is 34.7 Å². The van der Waals surface area contributed by atoms with E-state index in [1.165, 1.54) is 12.8 Å². The molecule has 0 radical (unpaired) electrons. The molecule has 2 aromatic rings. The van der Waals surface area contributed by atoms with Gasteiger partial charge in [-0.2, -0.15) is 0 Å². The molecule has 116 valence electrons. The minimum atomic E-state index is 0.602. The van der Waals surface area contributed by atoms with Crippen molar-refractivity contribution in [2.45, 2.75) is 45.3 Å². The first kappa shape index (κ1) is 13.8. The van der Waals surface area contributed by atoms with E-state index < -0.39 is 0 Å². The van der Waals surface area contributed by atoms with Crippen LogP contribution in [-0.2, 0) is 6.54 Å². The smallest absolute Gasteiger partial charge is 0.129 e. The zero-order valence-corrected chi connectivity index (χ0v) is 13.3. The van der Waals surface area contributed by atoms with Gasteiger partial charge in [-0.05, 0) is 51.0 Å². The molecule has 0 N–H and O–H groups in total. The van der Waals surface area contributed by atoms with Crippen molar-refractivity contribution >= 4 is 5.82 Å². The third kappa shape index (κ3) is 2.41. The minimum Gasteiger partial charge on any atom is -0.465 e. The molecule has 2 aliphatic rings. The molecule has 4 heteroatoms. The van der Waals surface area contributed by atoms with Crippen LogP contribution in [0.5, 0.6) is 0 Å². The Labute approximate surface area is 131 Å². The number of hydrogen-bond acceptors (Lipinski definition) is 4. The Hall–Kier alpha value is -1.81. The van der Waals surface area contributed by atoms with Gasteiger partial charge < -0.3 is 9.32 Å². The highest BCUT2D eigenvalue weighted by molar-refractivity contribution is 5.43. The molecule has 4 nitrogen and oxygen atoms in total. The van der Waals surface area contributed by atoms with Crippen LogP contribution in [0.4, 0.5) is 5.82 Å². The molecule has 0 bridgehead atoms. The van der Waals surface area contributed by atoms with E-state index in [9.17, 15) is 0 Å². The molecule has 4 heterocycles. The van der Waals surface area contributed by atoms with Crippen LogP contribution in [0, 0.1) is 13.8 Å². The normalized spacial score (nSPS) is 24.9. The van der Waals surface area contributed by atoms with E-state index in [4.69, 9.17) is 9.40 Å². The third-order valence-electron chi connectivity index (χ3n) is 5.01. The second-order valence-corrected chi connectivity index (χ2v) is 6.53. The Morgan fingerprint density at radius 3 is 2.73 bits per heavy atom. The Balaban J connectivity index is 1.49. The predicted octanol–water partition coefficient (Wildman–Crippen LogP) is 3.14.